The summed E-state index contributed by atoms with van der Waals surface area (Å²) in [4.78, 5) is 0. The summed E-state index contributed by atoms with van der Waals surface area (Å²) in [5, 5.41) is 3.34. The summed E-state index contributed by atoms with van der Waals surface area (Å²) in [6.45, 7) is 11.4. The molecule has 0 spiro atoms. The van der Waals surface area contributed by atoms with E-state index in [1.165, 1.54) is 48.8 Å². The van der Waals surface area contributed by atoms with E-state index in [2.05, 4.69) is 58.9 Å². The van der Waals surface area contributed by atoms with Crippen LogP contribution in [0.15, 0.2) is 24.3 Å². The Morgan fingerprint density at radius 2 is 1.50 bits per heavy atom. The van der Waals surface area contributed by atoms with Gasteiger partial charge in [-0.05, 0) is 20.8 Å². The number of rotatable bonds is 7. The normalized spacial score (nSPS) is 9.88. The van der Waals surface area contributed by atoms with Gasteiger partial charge in [-0.25, -0.2) is 6.07 Å². The minimum absolute atomic E-state index is 0. The molecule has 5 heteroatoms. The molecule has 144 valence electrons. The number of unbranched alkanes of at least 4 members (excludes halogenated alkanes) is 2. The van der Waals surface area contributed by atoms with E-state index < -0.39 is 0 Å². The van der Waals surface area contributed by atoms with E-state index in [-0.39, 0.29) is 68.5 Å². The molecule has 0 saturated carbocycles. The summed E-state index contributed by atoms with van der Waals surface area (Å²) < 4.78 is 0. The van der Waals surface area contributed by atoms with Crippen LogP contribution in [0.1, 0.15) is 60.9 Å². The molecule has 0 fully saturated rings. The Balaban J connectivity index is -0.00000132. The van der Waals surface area contributed by atoms with Crippen LogP contribution in [0.4, 0.5) is 0 Å². The van der Waals surface area contributed by atoms with Gasteiger partial charge in [-0.2, -0.15) is 22.4 Å². The van der Waals surface area contributed by atoms with Crippen LogP contribution in [0.2, 0.25) is 0 Å². The fraction of sp³-hybridized carbons (Fsp3) is 0.476. The van der Waals surface area contributed by atoms with Crippen molar-refractivity contribution in [3.8, 4) is 0 Å². The first-order valence-corrected chi connectivity index (χ1v) is 10.3. The number of hydrogen-bond donors (Lipinski definition) is 0. The van der Waals surface area contributed by atoms with E-state index in [1.807, 2.05) is 0 Å². The van der Waals surface area contributed by atoms with Crippen molar-refractivity contribution < 1.29 is 58.9 Å². The van der Waals surface area contributed by atoms with Crippen molar-refractivity contribution in [1.82, 2.24) is 0 Å². The van der Waals surface area contributed by atoms with Gasteiger partial charge < -0.3 is 37.2 Å². The molecule has 2 aromatic carbocycles. The summed E-state index contributed by atoms with van der Waals surface area (Å²) in [7, 11) is -0.356. The third-order valence-corrected chi connectivity index (χ3v) is 7.38. The molecule has 26 heavy (non-hydrogen) atoms. The van der Waals surface area contributed by atoms with Crippen molar-refractivity contribution >= 4 is 19.9 Å². The van der Waals surface area contributed by atoms with Gasteiger partial charge in [0.1, 0.15) is 0 Å². The Hall–Kier alpha value is 0.371. The largest absolute Gasteiger partial charge is 4.00 e. The van der Waals surface area contributed by atoms with E-state index in [9.17, 15) is 0 Å². The molecule has 0 atom stereocenters. The molecule has 0 radical (unpaired) electrons. The molecule has 0 aliphatic heterocycles. The summed E-state index contributed by atoms with van der Waals surface area (Å²) in [5.74, 6) is 0. The first-order chi connectivity index (χ1) is 10.6. The standard InChI is InChI=1S/C21H31Si.3ClH.Ti/c1-6-8-9-10-18-11-12-20(19(18)7-2)22-21-16(4)13-15(3)14-17(21)5;;;;/h11-14H,6-10,22H2,1-5H3;3*1H;/q-1;;;;+4/p-3. The second-order valence-electron chi connectivity index (χ2n) is 6.73. The zero-order chi connectivity index (χ0) is 16.1. The topological polar surface area (TPSA) is 0 Å². The molecule has 0 saturated heterocycles. The molecule has 0 unspecified atom stereocenters. The molecule has 0 heterocycles. The number of benzene rings is 1. The average Bonchev–Trinajstić information content (AvgIpc) is 2.85. The van der Waals surface area contributed by atoms with Gasteiger partial charge in [-0.3, -0.25) is 0 Å². The Kier molecular flexibility index (Phi) is 18.3. The fourth-order valence-corrected chi connectivity index (χ4v) is 5.78. The summed E-state index contributed by atoms with van der Waals surface area (Å²) in [6.07, 6.45) is 6.48. The molecule has 0 bridgehead atoms. The zero-order valence-electron chi connectivity index (χ0n) is 16.7. The maximum atomic E-state index is 2.44. The van der Waals surface area contributed by atoms with E-state index in [0.717, 1.165) is 0 Å². The van der Waals surface area contributed by atoms with Crippen LogP contribution >= 0.6 is 0 Å². The number of aryl methyl sites for hydroxylation is 4. The van der Waals surface area contributed by atoms with Crippen LogP contribution in [-0.2, 0) is 34.6 Å². The first kappa shape index (κ1) is 31.1. The SMILES string of the molecule is CCCCC[c-]1ccc([SiH2]c2c(C)cc(C)cc2C)c1CC.[Cl-].[Cl-].[Cl-].[Ti+4]. The van der Waals surface area contributed by atoms with Crippen LogP contribution in [0, 0.1) is 20.8 Å². The molecular formula is C21H31Cl3SiTi. The first-order valence-electron chi connectivity index (χ1n) is 8.89. The zero-order valence-corrected chi connectivity index (χ0v) is 21.9. The van der Waals surface area contributed by atoms with Crippen LogP contribution < -0.4 is 47.6 Å². The maximum Gasteiger partial charge on any atom is 4.00 e. The second kappa shape index (κ2) is 15.3. The predicted octanol–water partition coefficient (Wildman–Crippen LogP) is -5.25. The van der Waals surface area contributed by atoms with Gasteiger partial charge in [0.2, 0.25) is 0 Å². The van der Waals surface area contributed by atoms with Crippen molar-refractivity contribution in [3.63, 3.8) is 0 Å². The average molecular weight is 466 g/mol. The van der Waals surface area contributed by atoms with Gasteiger partial charge in [0.15, 0.2) is 0 Å². The van der Waals surface area contributed by atoms with E-state index in [4.69, 9.17) is 0 Å². The molecular weight excluding hydrogens is 435 g/mol. The van der Waals surface area contributed by atoms with Crippen molar-refractivity contribution in [2.24, 2.45) is 0 Å². The summed E-state index contributed by atoms with van der Waals surface area (Å²) in [5.41, 5.74) is 7.69. The van der Waals surface area contributed by atoms with Crippen LogP contribution in [0.25, 0.3) is 0 Å². The molecule has 0 amide bonds. The molecule has 0 aliphatic rings. The van der Waals surface area contributed by atoms with Crippen LogP contribution in [-0.4, -0.2) is 9.52 Å². The van der Waals surface area contributed by atoms with E-state index >= 15 is 0 Å². The molecule has 0 aliphatic carbocycles. The van der Waals surface area contributed by atoms with E-state index in [0.29, 0.717) is 0 Å². The van der Waals surface area contributed by atoms with Gasteiger partial charge in [0.05, 0.1) is 0 Å². The Morgan fingerprint density at radius 3 is 2.00 bits per heavy atom. The Morgan fingerprint density at radius 1 is 0.923 bits per heavy atom. The van der Waals surface area contributed by atoms with Crippen LogP contribution in [0.3, 0.4) is 0 Å². The molecule has 2 rings (SSSR count). The predicted molar refractivity (Wildman–Crippen MR) is 103 cm³/mol. The fourth-order valence-electron chi connectivity index (χ4n) is 3.71. The van der Waals surface area contributed by atoms with Crippen molar-refractivity contribution in [1.29, 1.82) is 0 Å². The van der Waals surface area contributed by atoms with Crippen LogP contribution in [0.5, 0.6) is 0 Å². The number of hydrogen-bond acceptors (Lipinski definition) is 0. The Labute approximate surface area is 196 Å². The van der Waals surface area contributed by atoms with Gasteiger partial charge in [-0.1, -0.05) is 80.0 Å². The van der Waals surface area contributed by atoms with Gasteiger partial charge in [0, 0.05) is 9.52 Å². The minimum atomic E-state index is -0.356. The van der Waals surface area contributed by atoms with E-state index in [1.54, 1.807) is 21.5 Å². The van der Waals surface area contributed by atoms with Gasteiger partial charge >= 0.3 is 21.7 Å². The summed E-state index contributed by atoms with van der Waals surface area (Å²) in [6, 6.07) is 9.55. The second-order valence-corrected chi connectivity index (χ2v) is 8.55. The Bertz CT molecular complexity index is 615. The van der Waals surface area contributed by atoms with Gasteiger partial charge in [0.25, 0.3) is 0 Å². The summed E-state index contributed by atoms with van der Waals surface area (Å²) >= 11 is 0. The molecule has 2 aromatic rings. The van der Waals surface area contributed by atoms with Crippen molar-refractivity contribution in [3.05, 3.63) is 52.1 Å². The number of halogens is 3. The molecule has 0 aromatic heterocycles. The third-order valence-electron chi connectivity index (χ3n) is 4.87. The molecule has 0 N–H and O–H groups in total. The smallest absolute Gasteiger partial charge is 1.00 e. The minimum Gasteiger partial charge on any atom is -1.00 e. The van der Waals surface area contributed by atoms with Gasteiger partial charge in [-0.15, -0.1) is 0 Å². The third kappa shape index (κ3) is 8.17. The monoisotopic (exact) mass is 464 g/mol. The molecule has 0 nitrogen and oxygen atoms in total. The van der Waals surface area contributed by atoms with Crippen molar-refractivity contribution in [2.45, 2.75) is 66.7 Å². The van der Waals surface area contributed by atoms with Crippen molar-refractivity contribution in [2.75, 3.05) is 0 Å². The quantitative estimate of drug-likeness (QED) is 0.218. The maximum absolute atomic E-state index is 2.44.